The Balaban J connectivity index is 1.85. The Morgan fingerprint density at radius 3 is 2.57 bits per heavy atom. The van der Waals surface area contributed by atoms with E-state index in [0.29, 0.717) is 46.6 Å². The number of hydrogen-bond acceptors (Lipinski definition) is 5. The summed E-state index contributed by atoms with van der Waals surface area (Å²) in [7, 11) is -3.27. The van der Waals surface area contributed by atoms with Crippen LogP contribution in [0.25, 0.3) is 0 Å². The van der Waals surface area contributed by atoms with Gasteiger partial charge in [-0.2, -0.15) is 0 Å². The molecule has 0 aliphatic carbocycles. The van der Waals surface area contributed by atoms with Crippen LogP contribution in [-0.2, 0) is 15.4 Å². The minimum absolute atomic E-state index is 0.146. The maximum absolute atomic E-state index is 12.8. The smallest absolute Gasteiger partial charge is 0.253 e. The molecule has 0 unspecified atom stereocenters. The Bertz CT molecular complexity index is 988. The third kappa shape index (κ3) is 4.83. The van der Waals surface area contributed by atoms with Crippen LogP contribution in [0, 0.1) is 0 Å². The number of aromatic nitrogens is 1. The highest BCUT2D eigenvalue weighted by molar-refractivity contribution is 7.89. The maximum atomic E-state index is 12.8. The maximum Gasteiger partial charge on any atom is 0.253 e. The number of rotatable bonds is 7. The van der Waals surface area contributed by atoms with Crippen molar-refractivity contribution in [3.05, 3.63) is 50.4 Å². The van der Waals surface area contributed by atoms with Gasteiger partial charge in [0.05, 0.1) is 15.7 Å². The molecule has 2 aromatic rings. The summed E-state index contributed by atoms with van der Waals surface area (Å²) < 4.78 is 27.4. The molecule has 6 nitrogen and oxygen atoms in total. The van der Waals surface area contributed by atoms with E-state index in [1.54, 1.807) is 16.6 Å². The fourth-order valence-corrected chi connectivity index (χ4v) is 7.00. The van der Waals surface area contributed by atoms with Gasteiger partial charge in [0.2, 0.25) is 10.0 Å². The van der Waals surface area contributed by atoms with Crippen molar-refractivity contribution in [2.24, 2.45) is 0 Å². The van der Waals surface area contributed by atoms with Crippen LogP contribution in [-0.4, -0.2) is 48.5 Å². The van der Waals surface area contributed by atoms with E-state index in [9.17, 15) is 13.2 Å². The van der Waals surface area contributed by atoms with Crippen LogP contribution < -0.4 is 5.32 Å². The van der Waals surface area contributed by atoms with Crippen LogP contribution in [0.4, 0.5) is 0 Å². The van der Waals surface area contributed by atoms with E-state index in [1.807, 2.05) is 32.0 Å². The van der Waals surface area contributed by atoms with Gasteiger partial charge in [-0.05, 0) is 44.4 Å². The molecule has 1 aliphatic rings. The van der Waals surface area contributed by atoms with Gasteiger partial charge >= 0.3 is 0 Å². The molecule has 1 saturated heterocycles. The van der Waals surface area contributed by atoms with Gasteiger partial charge in [0, 0.05) is 36.4 Å². The van der Waals surface area contributed by atoms with Crippen molar-refractivity contribution in [3.63, 3.8) is 0 Å². The number of carbonyl (C=O) groups excluding carboxylic acids is 1. The van der Waals surface area contributed by atoms with Crippen molar-refractivity contribution in [3.8, 4) is 0 Å². The van der Waals surface area contributed by atoms with E-state index in [-0.39, 0.29) is 17.7 Å². The lowest BCUT2D eigenvalue weighted by molar-refractivity contribution is 0.0893. The number of sulfonamides is 1. The van der Waals surface area contributed by atoms with Crippen LogP contribution in [0.1, 0.15) is 49.2 Å². The minimum atomic E-state index is -3.27. The van der Waals surface area contributed by atoms with Crippen molar-refractivity contribution in [1.29, 1.82) is 0 Å². The number of amides is 1. The van der Waals surface area contributed by atoms with Crippen LogP contribution in [0.5, 0.6) is 0 Å². The number of halogens is 2. The Labute approximate surface area is 191 Å². The van der Waals surface area contributed by atoms with Crippen molar-refractivity contribution in [2.75, 3.05) is 18.8 Å². The van der Waals surface area contributed by atoms with Crippen molar-refractivity contribution in [1.82, 2.24) is 14.6 Å². The molecule has 1 aliphatic heterocycles. The molecule has 2 aromatic heterocycles. The van der Waals surface area contributed by atoms with Crippen LogP contribution in [0.15, 0.2) is 30.5 Å². The number of carbonyl (C=O) groups is 1. The quantitative estimate of drug-likeness (QED) is 0.626. The van der Waals surface area contributed by atoms with Crippen molar-refractivity contribution < 1.29 is 13.2 Å². The number of pyridine rings is 1. The van der Waals surface area contributed by atoms with Crippen molar-refractivity contribution >= 4 is 50.5 Å². The number of nitrogens with one attached hydrogen (secondary N) is 1. The fourth-order valence-electron chi connectivity index (χ4n) is 4.03. The molecule has 3 heterocycles. The van der Waals surface area contributed by atoms with E-state index in [1.165, 1.54) is 0 Å². The van der Waals surface area contributed by atoms with Gasteiger partial charge in [-0.15, -0.1) is 11.3 Å². The Hall–Kier alpha value is -1.19. The summed E-state index contributed by atoms with van der Waals surface area (Å²) >= 11 is 13.3. The van der Waals surface area contributed by atoms with Crippen LogP contribution >= 0.6 is 34.5 Å². The van der Waals surface area contributed by atoms with E-state index < -0.39 is 15.4 Å². The van der Waals surface area contributed by atoms with Gasteiger partial charge in [0.25, 0.3) is 5.91 Å². The molecule has 164 valence electrons. The fraction of sp³-hybridized carbons (Fsp3) is 0.500. The average Bonchev–Trinajstić information content (AvgIpc) is 3.06. The van der Waals surface area contributed by atoms with E-state index >= 15 is 0 Å². The molecule has 1 fully saturated rings. The van der Waals surface area contributed by atoms with Gasteiger partial charge in [0.1, 0.15) is 4.34 Å². The molecule has 0 spiro atoms. The molecule has 10 heteroatoms. The zero-order valence-corrected chi connectivity index (χ0v) is 20.0. The first-order chi connectivity index (χ1) is 14.2. The zero-order valence-electron chi connectivity index (χ0n) is 16.9. The third-order valence-electron chi connectivity index (χ3n) is 5.72. The van der Waals surface area contributed by atoms with Gasteiger partial charge in [-0.1, -0.05) is 36.2 Å². The molecule has 0 saturated carbocycles. The highest BCUT2D eigenvalue weighted by atomic mass is 35.5. The predicted octanol–water partition coefficient (Wildman–Crippen LogP) is 4.34. The van der Waals surface area contributed by atoms with Gasteiger partial charge in [-0.3, -0.25) is 9.78 Å². The SMILES string of the molecule is CCCS(=O)(=O)N1CCC(c2ccccn2)([C@H](C)NC(=O)c2cc(Cl)sc2Cl)CC1. The minimum Gasteiger partial charge on any atom is -0.349 e. The molecule has 1 N–H and O–H groups in total. The molecule has 30 heavy (non-hydrogen) atoms. The lowest BCUT2D eigenvalue weighted by atomic mass is 9.70. The summed E-state index contributed by atoms with van der Waals surface area (Å²) in [5.74, 6) is -0.153. The van der Waals surface area contributed by atoms with E-state index in [2.05, 4.69) is 10.3 Å². The number of hydrogen-bond donors (Lipinski definition) is 1. The molecular formula is C20H25Cl2N3O3S2. The first-order valence-corrected chi connectivity index (χ1v) is 13.0. The number of thiophene rings is 1. The Morgan fingerprint density at radius 1 is 1.33 bits per heavy atom. The second-order valence-electron chi connectivity index (χ2n) is 7.52. The van der Waals surface area contributed by atoms with Crippen LogP contribution in [0.3, 0.4) is 0 Å². The van der Waals surface area contributed by atoms with Crippen LogP contribution in [0.2, 0.25) is 8.67 Å². The van der Waals surface area contributed by atoms with E-state index in [4.69, 9.17) is 23.2 Å². The second kappa shape index (κ2) is 9.53. The topological polar surface area (TPSA) is 79.4 Å². The second-order valence-corrected chi connectivity index (χ2v) is 11.9. The third-order valence-corrected chi connectivity index (χ3v) is 9.29. The predicted molar refractivity (Wildman–Crippen MR) is 122 cm³/mol. The molecule has 0 radical (unpaired) electrons. The average molecular weight is 490 g/mol. The Kier molecular flexibility index (Phi) is 7.45. The molecule has 1 atom stereocenters. The summed E-state index contributed by atoms with van der Waals surface area (Å²) in [4.78, 5) is 17.4. The van der Waals surface area contributed by atoms with Gasteiger partial charge < -0.3 is 5.32 Å². The first-order valence-electron chi connectivity index (χ1n) is 9.84. The highest BCUT2D eigenvalue weighted by Crippen LogP contribution is 2.39. The molecular weight excluding hydrogens is 465 g/mol. The summed E-state index contributed by atoms with van der Waals surface area (Å²) in [5, 5.41) is 3.05. The lowest BCUT2D eigenvalue weighted by Gasteiger charge is -2.44. The van der Waals surface area contributed by atoms with E-state index in [0.717, 1.165) is 17.0 Å². The molecule has 1 amide bonds. The summed E-state index contributed by atoms with van der Waals surface area (Å²) in [6.07, 6.45) is 3.43. The lowest BCUT2D eigenvalue weighted by Crippen LogP contribution is -2.55. The summed E-state index contributed by atoms with van der Waals surface area (Å²) in [5.41, 5.74) is 0.707. The monoisotopic (exact) mass is 489 g/mol. The standard InChI is InChI=1S/C20H25Cl2N3O3S2/c1-3-12-30(27,28)25-10-7-20(8-11-25,16-6-4-5-9-23-16)14(2)24-19(26)15-13-17(21)29-18(15)22/h4-6,9,13-14H,3,7-8,10-12H2,1-2H3,(H,24,26)/t14-/m0/s1. The number of piperidine rings is 1. The Morgan fingerprint density at radius 2 is 2.03 bits per heavy atom. The molecule has 3 rings (SSSR count). The summed E-state index contributed by atoms with van der Waals surface area (Å²) in [6, 6.07) is 6.96. The molecule has 0 bridgehead atoms. The summed E-state index contributed by atoms with van der Waals surface area (Å²) in [6.45, 7) is 4.58. The van der Waals surface area contributed by atoms with Gasteiger partial charge in [0.15, 0.2) is 0 Å². The van der Waals surface area contributed by atoms with Crippen molar-refractivity contribution in [2.45, 2.75) is 44.6 Å². The largest absolute Gasteiger partial charge is 0.349 e. The highest BCUT2D eigenvalue weighted by Gasteiger charge is 2.44. The number of nitrogens with zero attached hydrogens (tertiary/aromatic N) is 2. The van der Waals surface area contributed by atoms with Gasteiger partial charge in [-0.25, -0.2) is 12.7 Å². The molecule has 0 aromatic carbocycles. The zero-order chi connectivity index (χ0) is 21.9. The normalized spacial score (nSPS) is 18.1. The first kappa shape index (κ1) is 23.5.